The van der Waals surface area contributed by atoms with Gasteiger partial charge in [0, 0.05) is 23.0 Å². The maximum atomic E-state index is 11.1. The molecule has 0 saturated carbocycles. The second kappa shape index (κ2) is 7.61. The SMILES string of the molecule is NC(=O)c1csc(CNc2ccccc2OCc2ccccn2)c1. The molecule has 1 aromatic carbocycles. The van der Waals surface area contributed by atoms with Crippen LogP contribution in [0.3, 0.4) is 0 Å². The zero-order valence-electron chi connectivity index (χ0n) is 12.9. The van der Waals surface area contributed by atoms with E-state index in [4.69, 9.17) is 10.5 Å². The van der Waals surface area contributed by atoms with Gasteiger partial charge >= 0.3 is 0 Å². The summed E-state index contributed by atoms with van der Waals surface area (Å²) in [5.41, 5.74) is 7.58. The molecule has 5 nitrogen and oxygen atoms in total. The van der Waals surface area contributed by atoms with Crippen LogP contribution >= 0.6 is 11.3 Å². The highest BCUT2D eigenvalue weighted by Crippen LogP contribution is 2.26. The van der Waals surface area contributed by atoms with E-state index in [9.17, 15) is 4.79 Å². The molecule has 2 aromatic heterocycles. The summed E-state index contributed by atoms with van der Waals surface area (Å²) < 4.78 is 5.86. The number of benzene rings is 1. The Balaban J connectivity index is 1.64. The van der Waals surface area contributed by atoms with Gasteiger partial charge in [0.25, 0.3) is 0 Å². The average molecular weight is 339 g/mol. The van der Waals surface area contributed by atoms with Crippen LogP contribution in [0.25, 0.3) is 0 Å². The minimum atomic E-state index is -0.406. The van der Waals surface area contributed by atoms with Crippen LogP contribution in [0.15, 0.2) is 60.1 Å². The summed E-state index contributed by atoms with van der Waals surface area (Å²) in [7, 11) is 0. The van der Waals surface area contributed by atoms with Crippen molar-refractivity contribution in [2.24, 2.45) is 5.73 Å². The van der Waals surface area contributed by atoms with Crippen molar-refractivity contribution in [1.29, 1.82) is 0 Å². The number of hydrogen-bond donors (Lipinski definition) is 2. The molecule has 0 spiro atoms. The highest BCUT2D eigenvalue weighted by Gasteiger charge is 2.07. The molecule has 0 aliphatic heterocycles. The van der Waals surface area contributed by atoms with E-state index >= 15 is 0 Å². The molecule has 0 aliphatic rings. The lowest BCUT2D eigenvalue weighted by Gasteiger charge is -2.12. The van der Waals surface area contributed by atoms with Crippen molar-refractivity contribution in [3.05, 3.63) is 76.2 Å². The van der Waals surface area contributed by atoms with E-state index in [1.165, 1.54) is 11.3 Å². The molecule has 24 heavy (non-hydrogen) atoms. The van der Waals surface area contributed by atoms with E-state index < -0.39 is 5.91 Å². The van der Waals surface area contributed by atoms with Gasteiger partial charge < -0.3 is 15.8 Å². The summed E-state index contributed by atoms with van der Waals surface area (Å²) in [6.07, 6.45) is 1.75. The number of rotatable bonds is 7. The zero-order valence-corrected chi connectivity index (χ0v) is 13.8. The zero-order chi connectivity index (χ0) is 16.8. The van der Waals surface area contributed by atoms with Crippen LogP contribution in [0.4, 0.5) is 5.69 Å². The van der Waals surface area contributed by atoms with Crippen molar-refractivity contribution in [1.82, 2.24) is 4.98 Å². The fraction of sp³-hybridized carbons (Fsp3) is 0.111. The minimum Gasteiger partial charge on any atom is -0.485 e. The molecule has 3 rings (SSSR count). The van der Waals surface area contributed by atoms with E-state index in [-0.39, 0.29) is 0 Å². The largest absolute Gasteiger partial charge is 0.485 e. The van der Waals surface area contributed by atoms with Crippen LogP contribution in [0.2, 0.25) is 0 Å². The molecule has 0 aliphatic carbocycles. The van der Waals surface area contributed by atoms with Crippen molar-refractivity contribution in [2.45, 2.75) is 13.2 Å². The van der Waals surface area contributed by atoms with Crippen LogP contribution in [0.5, 0.6) is 5.75 Å². The molecule has 0 unspecified atom stereocenters. The van der Waals surface area contributed by atoms with E-state index in [0.717, 1.165) is 22.0 Å². The van der Waals surface area contributed by atoms with Crippen molar-refractivity contribution in [3.63, 3.8) is 0 Å². The monoisotopic (exact) mass is 339 g/mol. The number of nitrogens with two attached hydrogens (primary N) is 1. The van der Waals surface area contributed by atoms with Gasteiger partial charge in [0.2, 0.25) is 5.91 Å². The predicted molar refractivity (Wildman–Crippen MR) is 95.2 cm³/mol. The second-order valence-corrected chi connectivity index (χ2v) is 6.12. The third-order valence-electron chi connectivity index (χ3n) is 3.38. The number of pyridine rings is 1. The Hall–Kier alpha value is -2.86. The van der Waals surface area contributed by atoms with Crippen LogP contribution in [-0.2, 0) is 13.2 Å². The van der Waals surface area contributed by atoms with Gasteiger partial charge in [-0.3, -0.25) is 9.78 Å². The minimum absolute atomic E-state index is 0.406. The maximum Gasteiger partial charge on any atom is 0.249 e. The number of aromatic nitrogens is 1. The van der Waals surface area contributed by atoms with Gasteiger partial charge in [-0.2, -0.15) is 0 Å². The predicted octanol–water partition coefficient (Wildman–Crippen LogP) is 3.43. The molecular formula is C18H17N3O2S. The third-order valence-corrected chi connectivity index (χ3v) is 4.32. The van der Waals surface area contributed by atoms with Crippen molar-refractivity contribution in [3.8, 4) is 5.75 Å². The third kappa shape index (κ3) is 4.11. The smallest absolute Gasteiger partial charge is 0.249 e. The molecule has 3 N–H and O–H groups in total. The average Bonchev–Trinajstić information content (AvgIpc) is 3.09. The molecule has 0 saturated heterocycles. The Bertz CT molecular complexity index is 818. The first kappa shape index (κ1) is 16.0. The van der Waals surface area contributed by atoms with Crippen molar-refractivity contribution < 1.29 is 9.53 Å². The van der Waals surface area contributed by atoms with E-state index in [1.807, 2.05) is 42.5 Å². The number of thiophene rings is 1. The maximum absolute atomic E-state index is 11.1. The number of para-hydroxylation sites is 2. The van der Waals surface area contributed by atoms with Crippen LogP contribution in [0, 0.1) is 0 Å². The summed E-state index contributed by atoms with van der Waals surface area (Å²) in [4.78, 5) is 16.4. The van der Waals surface area contributed by atoms with Gasteiger partial charge in [-0.1, -0.05) is 18.2 Å². The van der Waals surface area contributed by atoms with Gasteiger partial charge in [-0.25, -0.2) is 0 Å². The molecular weight excluding hydrogens is 322 g/mol. The lowest BCUT2D eigenvalue weighted by atomic mass is 10.2. The molecule has 122 valence electrons. The van der Waals surface area contributed by atoms with Gasteiger partial charge in [0.1, 0.15) is 12.4 Å². The molecule has 3 aromatic rings. The summed E-state index contributed by atoms with van der Waals surface area (Å²) in [6, 6.07) is 15.3. The first-order valence-electron chi connectivity index (χ1n) is 7.45. The number of ether oxygens (including phenoxy) is 1. The normalized spacial score (nSPS) is 10.3. The summed E-state index contributed by atoms with van der Waals surface area (Å²) >= 11 is 1.50. The number of primary amides is 1. The first-order chi connectivity index (χ1) is 11.7. The Labute approximate surface area is 144 Å². The van der Waals surface area contributed by atoms with Crippen LogP contribution in [-0.4, -0.2) is 10.9 Å². The number of amides is 1. The topological polar surface area (TPSA) is 77.2 Å². The van der Waals surface area contributed by atoms with Crippen LogP contribution < -0.4 is 15.8 Å². The number of nitrogens with one attached hydrogen (secondary N) is 1. The Morgan fingerprint density at radius 2 is 2.04 bits per heavy atom. The van der Waals surface area contributed by atoms with Gasteiger partial charge in [-0.15, -0.1) is 11.3 Å². The Kier molecular flexibility index (Phi) is 5.08. The number of hydrogen-bond acceptors (Lipinski definition) is 5. The quantitative estimate of drug-likeness (QED) is 0.691. The molecule has 0 radical (unpaired) electrons. The summed E-state index contributed by atoms with van der Waals surface area (Å²) in [5.74, 6) is 0.353. The molecule has 6 heteroatoms. The standard InChI is InChI=1S/C18H17N3O2S/c19-18(22)13-9-15(24-12-13)10-21-16-6-1-2-7-17(16)23-11-14-5-3-4-8-20-14/h1-9,12,21H,10-11H2,(H2,19,22). The number of nitrogens with zero attached hydrogens (tertiary/aromatic N) is 1. The summed E-state index contributed by atoms with van der Waals surface area (Å²) in [5, 5.41) is 5.10. The molecule has 0 atom stereocenters. The summed E-state index contributed by atoms with van der Waals surface area (Å²) in [6.45, 7) is 1.01. The van der Waals surface area contributed by atoms with Crippen molar-refractivity contribution >= 4 is 22.9 Å². The fourth-order valence-electron chi connectivity index (χ4n) is 2.16. The van der Waals surface area contributed by atoms with Gasteiger partial charge in [0.15, 0.2) is 0 Å². The number of anilines is 1. The highest BCUT2D eigenvalue weighted by molar-refractivity contribution is 7.10. The highest BCUT2D eigenvalue weighted by atomic mass is 32.1. The van der Waals surface area contributed by atoms with Gasteiger partial charge in [-0.05, 0) is 30.3 Å². The fourth-order valence-corrected chi connectivity index (χ4v) is 2.97. The first-order valence-corrected chi connectivity index (χ1v) is 8.33. The molecule has 1 amide bonds. The number of carbonyl (C=O) groups excluding carboxylic acids is 1. The Morgan fingerprint density at radius 3 is 2.79 bits per heavy atom. The number of carbonyl (C=O) groups is 1. The molecule has 0 fully saturated rings. The van der Waals surface area contributed by atoms with E-state index in [1.54, 1.807) is 17.6 Å². The molecule has 2 heterocycles. The van der Waals surface area contributed by atoms with Gasteiger partial charge in [0.05, 0.1) is 16.9 Å². The molecule has 0 bridgehead atoms. The Morgan fingerprint density at radius 1 is 1.21 bits per heavy atom. The van der Waals surface area contributed by atoms with Crippen LogP contribution in [0.1, 0.15) is 20.9 Å². The van der Waals surface area contributed by atoms with E-state index in [0.29, 0.717) is 18.7 Å². The van der Waals surface area contributed by atoms with E-state index in [2.05, 4.69) is 10.3 Å². The second-order valence-electron chi connectivity index (χ2n) is 5.13. The lowest BCUT2D eigenvalue weighted by molar-refractivity contribution is 0.100. The van der Waals surface area contributed by atoms with Crippen molar-refractivity contribution in [2.75, 3.05) is 5.32 Å². The lowest BCUT2D eigenvalue weighted by Crippen LogP contribution is -2.09.